The number of aryl methyl sites for hydroxylation is 1. The molecule has 2 aromatic rings. The lowest BCUT2D eigenvalue weighted by atomic mass is 10.0. The molecule has 2 N–H and O–H groups in total. The Hall–Kier alpha value is -2.41. The second-order valence-corrected chi connectivity index (χ2v) is 8.06. The Morgan fingerprint density at radius 2 is 2.00 bits per heavy atom. The molecule has 0 unspecified atom stereocenters. The summed E-state index contributed by atoms with van der Waals surface area (Å²) in [5.74, 6) is 1.19. The van der Waals surface area contributed by atoms with Gasteiger partial charge in [0.2, 0.25) is 0 Å². The van der Waals surface area contributed by atoms with E-state index in [-0.39, 0.29) is 12.1 Å². The van der Waals surface area contributed by atoms with Gasteiger partial charge in [-0.2, -0.15) is 5.10 Å². The van der Waals surface area contributed by atoms with E-state index in [0.29, 0.717) is 5.92 Å². The average Bonchev–Trinajstić information content (AvgIpc) is 3.08. The first-order valence-electron chi connectivity index (χ1n) is 10.2. The maximum atomic E-state index is 12.6. The fourth-order valence-electron chi connectivity index (χ4n) is 3.77. The minimum atomic E-state index is -0.219. The molecule has 28 heavy (non-hydrogen) atoms. The number of aromatic nitrogens is 3. The van der Waals surface area contributed by atoms with Crippen molar-refractivity contribution in [3.8, 4) is 0 Å². The molecule has 0 saturated carbocycles. The molecule has 1 aromatic heterocycles. The van der Waals surface area contributed by atoms with Crippen LogP contribution in [-0.4, -0.2) is 38.8 Å². The lowest BCUT2D eigenvalue weighted by molar-refractivity contribution is 0.221. The average molecular weight is 385 g/mol. The van der Waals surface area contributed by atoms with Crippen LogP contribution in [-0.2, 0) is 13.6 Å². The molecule has 1 aliphatic rings. The Morgan fingerprint density at radius 1 is 1.21 bits per heavy atom. The lowest BCUT2D eigenvalue weighted by Gasteiger charge is -2.26. The number of piperidine rings is 1. The van der Waals surface area contributed by atoms with Crippen molar-refractivity contribution in [2.45, 2.75) is 52.1 Å². The van der Waals surface area contributed by atoms with Gasteiger partial charge in [-0.25, -0.2) is 9.78 Å². The van der Waals surface area contributed by atoms with E-state index in [1.54, 1.807) is 4.68 Å². The molecule has 1 aliphatic heterocycles. The first-order valence-corrected chi connectivity index (χ1v) is 10.2. The van der Waals surface area contributed by atoms with Crippen LogP contribution in [0.4, 0.5) is 10.5 Å². The fraction of sp³-hybridized carbons (Fsp3) is 0.571. The molecule has 2 amide bonds. The van der Waals surface area contributed by atoms with Gasteiger partial charge in [0.05, 0.1) is 6.04 Å². The molecule has 0 spiro atoms. The topological polar surface area (TPSA) is 75.1 Å². The number of hydrogen-bond acceptors (Lipinski definition) is 4. The highest BCUT2D eigenvalue weighted by Gasteiger charge is 2.20. The number of carbonyl (C=O) groups is 1. The van der Waals surface area contributed by atoms with Crippen LogP contribution < -0.4 is 10.6 Å². The standard InChI is InChI=1S/C21H32N6O/c1-16(2)12-19(20-22-15-23-26(20)3)25-21(28)24-18-9-7-8-17(13-18)14-27-10-5-4-6-11-27/h7-9,13,15-16,19H,4-6,10-12,14H2,1-3H3,(H2,24,25,28)/t19-/m1/s1. The van der Waals surface area contributed by atoms with Crippen molar-refractivity contribution in [1.82, 2.24) is 25.0 Å². The van der Waals surface area contributed by atoms with Crippen molar-refractivity contribution < 1.29 is 4.79 Å². The fourth-order valence-corrected chi connectivity index (χ4v) is 3.77. The van der Waals surface area contributed by atoms with Crippen molar-refractivity contribution in [2.24, 2.45) is 13.0 Å². The van der Waals surface area contributed by atoms with Gasteiger partial charge in [0.1, 0.15) is 12.2 Å². The van der Waals surface area contributed by atoms with Crippen molar-refractivity contribution in [3.63, 3.8) is 0 Å². The van der Waals surface area contributed by atoms with Crippen molar-refractivity contribution in [2.75, 3.05) is 18.4 Å². The molecule has 1 aromatic carbocycles. The first-order chi connectivity index (χ1) is 13.5. The zero-order chi connectivity index (χ0) is 19.9. The van der Waals surface area contributed by atoms with Gasteiger partial charge in [0, 0.05) is 19.3 Å². The molecule has 1 saturated heterocycles. The minimum Gasteiger partial charge on any atom is -0.328 e. The summed E-state index contributed by atoms with van der Waals surface area (Å²) in [7, 11) is 1.85. The Kier molecular flexibility index (Phi) is 7.03. The van der Waals surface area contributed by atoms with Crippen LogP contribution in [0.25, 0.3) is 0 Å². The van der Waals surface area contributed by atoms with Gasteiger partial charge in [-0.15, -0.1) is 0 Å². The number of amides is 2. The third kappa shape index (κ3) is 5.79. The van der Waals surface area contributed by atoms with Gasteiger partial charge < -0.3 is 10.6 Å². The van der Waals surface area contributed by atoms with Gasteiger partial charge in [-0.05, 0) is 56.0 Å². The van der Waals surface area contributed by atoms with Crippen LogP contribution in [0, 0.1) is 5.92 Å². The summed E-state index contributed by atoms with van der Waals surface area (Å²) in [5, 5.41) is 10.2. The van der Waals surface area contributed by atoms with E-state index in [1.165, 1.54) is 31.2 Å². The molecular weight excluding hydrogens is 352 g/mol. The van der Waals surface area contributed by atoms with Gasteiger partial charge in [0.15, 0.2) is 0 Å². The number of hydrogen-bond donors (Lipinski definition) is 2. The molecule has 152 valence electrons. The second-order valence-electron chi connectivity index (χ2n) is 8.06. The zero-order valence-electron chi connectivity index (χ0n) is 17.2. The Balaban J connectivity index is 1.61. The predicted octanol–water partition coefficient (Wildman–Crippen LogP) is 3.71. The third-order valence-corrected chi connectivity index (χ3v) is 5.11. The van der Waals surface area contributed by atoms with Crippen LogP contribution in [0.1, 0.15) is 57.0 Å². The SMILES string of the molecule is CC(C)C[C@@H](NC(=O)Nc1cccc(CN2CCCCC2)c1)c1ncnn1C. The summed E-state index contributed by atoms with van der Waals surface area (Å²) in [6.45, 7) is 7.52. The van der Waals surface area contributed by atoms with E-state index in [2.05, 4.69) is 51.6 Å². The third-order valence-electron chi connectivity index (χ3n) is 5.11. The van der Waals surface area contributed by atoms with Gasteiger partial charge in [-0.1, -0.05) is 32.4 Å². The number of nitrogens with zero attached hydrogens (tertiary/aromatic N) is 4. The summed E-state index contributed by atoms with van der Waals surface area (Å²) in [5.41, 5.74) is 2.04. The Bertz CT molecular complexity index is 766. The van der Waals surface area contributed by atoms with Crippen LogP contribution in [0.5, 0.6) is 0 Å². The van der Waals surface area contributed by atoms with Crippen LogP contribution in [0.2, 0.25) is 0 Å². The highest BCUT2D eigenvalue weighted by molar-refractivity contribution is 5.89. The smallest absolute Gasteiger partial charge is 0.319 e. The molecule has 1 atom stereocenters. The molecule has 0 aliphatic carbocycles. The van der Waals surface area contributed by atoms with Gasteiger partial charge in [0.25, 0.3) is 0 Å². The van der Waals surface area contributed by atoms with E-state index >= 15 is 0 Å². The summed E-state index contributed by atoms with van der Waals surface area (Å²) < 4.78 is 1.71. The highest BCUT2D eigenvalue weighted by Crippen LogP contribution is 2.20. The number of carbonyl (C=O) groups excluding carboxylic acids is 1. The molecule has 3 rings (SSSR count). The van der Waals surface area contributed by atoms with E-state index in [0.717, 1.165) is 37.6 Å². The van der Waals surface area contributed by atoms with Gasteiger partial charge in [-0.3, -0.25) is 9.58 Å². The lowest BCUT2D eigenvalue weighted by Crippen LogP contribution is -2.34. The summed E-state index contributed by atoms with van der Waals surface area (Å²) in [6.07, 6.45) is 6.21. The predicted molar refractivity (Wildman–Crippen MR) is 111 cm³/mol. The van der Waals surface area contributed by atoms with Crippen molar-refractivity contribution in [1.29, 1.82) is 0 Å². The number of rotatable bonds is 7. The molecular formula is C21H32N6O. The zero-order valence-corrected chi connectivity index (χ0v) is 17.2. The van der Waals surface area contributed by atoms with Crippen molar-refractivity contribution >= 4 is 11.7 Å². The number of urea groups is 1. The highest BCUT2D eigenvalue weighted by atomic mass is 16.2. The quantitative estimate of drug-likeness (QED) is 0.763. The van der Waals surface area contributed by atoms with E-state index in [9.17, 15) is 4.79 Å². The first kappa shape index (κ1) is 20.3. The summed E-state index contributed by atoms with van der Waals surface area (Å²) in [6, 6.07) is 7.72. The number of anilines is 1. The summed E-state index contributed by atoms with van der Waals surface area (Å²) in [4.78, 5) is 19.4. The monoisotopic (exact) mass is 384 g/mol. The number of likely N-dealkylation sites (tertiary alicyclic amines) is 1. The van der Waals surface area contributed by atoms with Crippen LogP contribution in [0.15, 0.2) is 30.6 Å². The number of nitrogens with one attached hydrogen (secondary N) is 2. The van der Waals surface area contributed by atoms with Crippen LogP contribution in [0.3, 0.4) is 0 Å². The molecule has 0 radical (unpaired) electrons. The minimum absolute atomic E-state index is 0.177. The largest absolute Gasteiger partial charge is 0.328 e. The van der Waals surface area contributed by atoms with Gasteiger partial charge >= 0.3 is 6.03 Å². The van der Waals surface area contributed by atoms with E-state index in [1.807, 2.05) is 19.2 Å². The summed E-state index contributed by atoms with van der Waals surface area (Å²) >= 11 is 0. The Morgan fingerprint density at radius 3 is 2.68 bits per heavy atom. The maximum absolute atomic E-state index is 12.6. The molecule has 7 nitrogen and oxygen atoms in total. The maximum Gasteiger partial charge on any atom is 0.319 e. The second kappa shape index (κ2) is 9.68. The van der Waals surface area contributed by atoms with E-state index < -0.39 is 0 Å². The molecule has 2 heterocycles. The van der Waals surface area contributed by atoms with Crippen molar-refractivity contribution in [3.05, 3.63) is 42.0 Å². The Labute approximate surface area is 167 Å². The molecule has 1 fully saturated rings. The van der Waals surface area contributed by atoms with Crippen LogP contribution >= 0.6 is 0 Å². The van der Waals surface area contributed by atoms with E-state index in [4.69, 9.17) is 0 Å². The molecule has 7 heteroatoms. The normalized spacial score (nSPS) is 16.1. The molecule has 0 bridgehead atoms. The number of benzene rings is 1.